The van der Waals surface area contributed by atoms with Crippen molar-refractivity contribution in [1.29, 1.82) is 0 Å². The molecule has 1 atom stereocenters. The van der Waals surface area contributed by atoms with Crippen molar-refractivity contribution in [2.45, 2.75) is 25.8 Å². The highest BCUT2D eigenvalue weighted by Gasteiger charge is 2.32. The third-order valence-corrected chi connectivity index (χ3v) is 6.11. The number of nitrogen functional groups attached to an aromatic ring is 1. The number of carbonyl (C=O) groups is 1. The van der Waals surface area contributed by atoms with Gasteiger partial charge in [0.2, 0.25) is 10.0 Å². The number of nitrogens with zero attached hydrogens (tertiary/aromatic N) is 1. The van der Waals surface area contributed by atoms with E-state index in [0.29, 0.717) is 23.5 Å². The van der Waals surface area contributed by atoms with Crippen molar-refractivity contribution >= 4 is 27.3 Å². The Bertz CT molecular complexity index is 941. The summed E-state index contributed by atoms with van der Waals surface area (Å²) >= 11 is 0. The molecule has 0 aliphatic heterocycles. The Kier molecular flexibility index (Phi) is 5.02. The van der Waals surface area contributed by atoms with Crippen LogP contribution in [0.15, 0.2) is 42.5 Å². The van der Waals surface area contributed by atoms with Gasteiger partial charge in [0.05, 0.1) is 23.7 Å². The van der Waals surface area contributed by atoms with Crippen molar-refractivity contribution in [1.82, 2.24) is 4.31 Å². The fraction of sp³-hybridized carbons (Fsp3) is 0.316. The molecule has 1 aliphatic carbocycles. The van der Waals surface area contributed by atoms with Crippen LogP contribution in [0.4, 0.5) is 11.4 Å². The van der Waals surface area contributed by atoms with E-state index in [4.69, 9.17) is 5.73 Å². The number of nitrogens with one attached hydrogen (secondary N) is 1. The Morgan fingerprint density at radius 1 is 1.27 bits per heavy atom. The van der Waals surface area contributed by atoms with E-state index in [2.05, 4.69) is 5.32 Å². The summed E-state index contributed by atoms with van der Waals surface area (Å²) in [5.41, 5.74) is 9.49. The topological polar surface area (TPSA) is 92.5 Å². The first-order chi connectivity index (χ1) is 12.3. The van der Waals surface area contributed by atoms with E-state index >= 15 is 0 Å². The van der Waals surface area contributed by atoms with Crippen molar-refractivity contribution in [2.75, 3.05) is 23.9 Å². The van der Waals surface area contributed by atoms with E-state index in [1.165, 1.54) is 10.6 Å². The molecule has 1 aliphatic rings. The van der Waals surface area contributed by atoms with Gasteiger partial charge in [-0.1, -0.05) is 25.1 Å². The Morgan fingerprint density at radius 2 is 2.00 bits per heavy atom. The van der Waals surface area contributed by atoms with Crippen LogP contribution in [-0.2, 0) is 16.4 Å². The average Bonchev–Trinajstić information content (AvgIpc) is 2.99. The summed E-state index contributed by atoms with van der Waals surface area (Å²) in [5, 5.41) is 2.82. The van der Waals surface area contributed by atoms with Crippen LogP contribution in [0.5, 0.6) is 0 Å². The van der Waals surface area contributed by atoms with Crippen LogP contribution in [0.1, 0.15) is 40.9 Å². The zero-order valence-corrected chi connectivity index (χ0v) is 15.7. The van der Waals surface area contributed by atoms with E-state index in [0.717, 1.165) is 24.0 Å². The van der Waals surface area contributed by atoms with Crippen LogP contribution < -0.4 is 11.1 Å². The lowest BCUT2D eigenvalue weighted by atomic mass is 10.0. The van der Waals surface area contributed by atoms with Gasteiger partial charge in [0, 0.05) is 12.1 Å². The second-order valence-electron chi connectivity index (χ2n) is 6.48. The van der Waals surface area contributed by atoms with Crippen LogP contribution >= 0.6 is 0 Å². The van der Waals surface area contributed by atoms with Gasteiger partial charge < -0.3 is 11.1 Å². The minimum Gasteiger partial charge on any atom is -0.397 e. The van der Waals surface area contributed by atoms with E-state index in [9.17, 15) is 13.2 Å². The number of fused-ring (bicyclic) bond motifs is 1. The van der Waals surface area contributed by atoms with Gasteiger partial charge in [0.25, 0.3) is 5.91 Å². The average molecular weight is 373 g/mol. The molecular formula is C19H23N3O3S. The maximum atomic E-state index is 12.5. The highest BCUT2D eigenvalue weighted by Crippen LogP contribution is 2.37. The Balaban J connectivity index is 1.84. The molecule has 0 heterocycles. The van der Waals surface area contributed by atoms with Crippen molar-refractivity contribution < 1.29 is 13.2 Å². The number of benzene rings is 2. The van der Waals surface area contributed by atoms with Crippen LogP contribution in [0, 0.1) is 0 Å². The molecule has 3 N–H and O–H groups in total. The molecule has 1 amide bonds. The van der Waals surface area contributed by atoms with Crippen molar-refractivity contribution in [3.8, 4) is 0 Å². The molecule has 0 fully saturated rings. The van der Waals surface area contributed by atoms with Gasteiger partial charge in [-0.25, -0.2) is 8.42 Å². The third-order valence-electron chi connectivity index (χ3n) is 4.75. The molecule has 6 nitrogen and oxygen atoms in total. The molecule has 0 saturated carbocycles. The van der Waals surface area contributed by atoms with Gasteiger partial charge in [-0.05, 0) is 48.2 Å². The second kappa shape index (κ2) is 7.09. The minimum atomic E-state index is -3.27. The number of nitrogens with two attached hydrogens (primary N) is 1. The number of rotatable bonds is 5. The number of amides is 1. The fourth-order valence-corrected chi connectivity index (χ4v) is 4.68. The lowest BCUT2D eigenvalue weighted by Crippen LogP contribution is -2.32. The maximum Gasteiger partial charge on any atom is 0.255 e. The lowest BCUT2D eigenvalue weighted by Gasteiger charge is -2.26. The molecule has 0 bridgehead atoms. The first-order valence-corrected chi connectivity index (χ1v) is 10.4. The minimum absolute atomic E-state index is 0.160. The maximum absolute atomic E-state index is 12.5. The molecule has 0 aromatic heterocycles. The van der Waals surface area contributed by atoms with E-state index in [1.807, 2.05) is 31.2 Å². The first kappa shape index (κ1) is 18.4. The Morgan fingerprint density at radius 3 is 2.65 bits per heavy atom. The molecule has 2 aromatic rings. The summed E-state index contributed by atoms with van der Waals surface area (Å²) in [5.74, 6) is -0.232. The fourth-order valence-electron chi connectivity index (χ4n) is 3.53. The number of carbonyl (C=O) groups excluding carboxylic acids is 1. The molecule has 0 saturated heterocycles. The Labute approximate surface area is 154 Å². The molecule has 0 radical (unpaired) electrons. The SMILES string of the molecule is CCN(C1CCc2cc(C(=O)Nc3ccccc3N)ccc21)S(C)(=O)=O. The number of anilines is 2. The summed E-state index contributed by atoms with van der Waals surface area (Å²) in [4.78, 5) is 12.5. The van der Waals surface area contributed by atoms with Crippen LogP contribution in [-0.4, -0.2) is 31.4 Å². The van der Waals surface area contributed by atoms with Gasteiger partial charge in [-0.2, -0.15) is 4.31 Å². The summed E-state index contributed by atoms with van der Waals surface area (Å²) in [6.45, 7) is 2.27. The smallest absolute Gasteiger partial charge is 0.255 e. The second-order valence-corrected chi connectivity index (χ2v) is 8.41. The van der Waals surface area contributed by atoms with Crippen molar-refractivity contribution in [2.24, 2.45) is 0 Å². The van der Waals surface area contributed by atoms with E-state index in [-0.39, 0.29) is 11.9 Å². The van der Waals surface area contributed by atoms with Gasteiger partial charge in [0.15, 0.2) is 0 Å². The van der Waals surface area contributed by atoms with Crippen molar-refractivity contribution in [3.05, 3.63) is 59.2 Å². The van der Waals surface area contributed by atoms with Gasteiger partial charge in [0.1, 0.15) is 0 Å². The standard InChI is InChI=1S/C19H23N3O3S/c1-3-22(26(2,24)25)18-11-9-13-12-14(8-10-15(13)18)19(23)21-17-7-5-4-6-16(17)20/h4-8,10,12,18H,3,9,11,20H2,1-2H3,(H,21,23). The lowest BCUT2D eigenvalue weighted by molar-refractivity contribution is 0.102. The van der Waals surface area contributed by atoms with Crippen LogP contribution in [0.2, 0.25) is 0 Å². The molecule has 3 rings (SSSR count). The summed E-state index contributed by atoms with van der Waals surface area (Å²) in [6, 6.07) is 12.4. The van der Waals surface area contributed by atoms with E-state index < -0.39 is 10.0 Å². The predicted octanol–water partition coefficient (Wildman–Crippen LogP) is 2.79. The Hall–Kier alpha value is -2.38. The van der Waals surface area contributed by atoms with Crippen molar-refractivity contribution in [3.63, 3.8) is 0 Å². The summed E-state index contributed by atoms with van der Waals surface area (Å²) in [6.07, 6.45) is 2.72. The number of sulfonamides is 1. The number of hydrogen-bond acceptors (Lipinski definition) is 4. The van der Waals surface area contributed by atoms with Crippen LogP contribution in [0.25, 0.3) is 0 Å². The third kappa shape index (κ3) is 3.59. The number of para-hydroxylation sites is 2. The van der Waals surface area contributed by atoms with Crippen LogP contribution in [0.3, 0.4) is 0 Å². The molecule has 7 heteroatoms. The largest absolute Gasteiger partial charge is 0.397 e. The molecule has 0 spiro atoms. The summed E-state index contributed by atoms with van der Waals surface area (Å²) < 4.78 is 25.6. The number of hydrogen-bond donors (Lipinski definition) is 2. The van der Waals surface area contributed by atoms with Gasteiger partial charge in [-0.3, -0.25) is 4.79 Å². The van der Waals surface area contributed by atoms with Gasteiger partial charge >= 0.3 is 0 Å². The molecule has 26 heavy (non-hydrogen) atoms. The van der Waals surface area contributed by atoms with Gasteiger partial charge in [-0.15, -0.1) is 0 Å². The monoisotopic (exact) mass is 373 g/mol. The predicted molar refractivity (Wildman–Crippen MR) is 104 cm³/mol. The molecule has 138 valence electrons. The highest BCUT2D eigenvalue weighted by molar-refractivity contribution is 7.88. The first-order valence-electron chi connectivity index (χ1n) is 8.56. The molecule has 1 unspecified atom stereocenters. The summed E-state index contributed by atoms with van der Waals surface area (Å²) in [7, 11) is -3.27. The molecular weight excluding hydrogens is 350 g/mol. The highest BCUT2D eigenvalue weighted by atomic mass is 32.2. The molecule has 2 aromatic carbocycles. The normalized spacial score (nSPS) is 16.5. The number of aryl methyl sites for hydroxylation is 1. The zero-order chi connectivity index (χ0) is 18.9. The zero-order valence-electron chi connectivity index (χ0n) is 14.9. The quantitative estimate of drug-likeness (QED) is 0.788. The van der Waals surface area contributed by atoms with E-state index in [1.54, 1.807) is 18.2 Å².